The number of amides is 2. The van der Waals surface area contributed by atoms with Gasteiger partial charge in [0, 0.05) is 18.2 Å². The fourth-order valence-electron chi connectivity index (χ4n) is 2.79. The second-order valence-corrected chi connectivity index (χ2v) is 6.64. The van der Waals surface area contributed by atoms with Gasteiger partial charge in [-0.3, -0.25) is 9.59 Å². The Balaban J connectivity index is 1.70. The molecule has 0 heterocycles. The average molecular weight is 392 g/mol. The van der Waals surface area contributed by atoms with Gasteiger partial charge in [0.1, 0.15) is 18.2 Å². The lowest BCUT2D eigenvalue weighted by atomic mass is 10.1. The fraction of sp³-hybridized carbons (Fsp3) is 0.130. The third kappa shape index (κ3) is 5.65. The van der Waals surface area contributed by atoms with Crippen LogP contribution in [0.4, 0.5) is 15.8 Å². The van der Waals surface area contributed by atoms with Crippen molar-refractivity contribution in [3.05, 3.63) is 89.2 Å². The SMILES string of the molecule is CC(=O)Nc1ccc(F)c(NC(=O)c2cccc(OCc3cccc(C)c3)c2)c1. The second-order valence-electron chi connectivity index (χ2n) is 6.64. The Morgan fingerprint density at radius 3 is 2.52 bits per heavy atom. The van der Waals surface area contributed by atoms with Crippen molar-refractivity contribution in [1.82, 2.24) is 0 Å². The highest BCUT2D eigenvalue weighted by molar-refractivity contribution is 6.05. The summed E-state index contributed by atoms with van der Waals surface area (Å²) < 4.78 is 19.8. The summed E-state index contributed by atoms with van der Waals surface area (Å²) in [6.07, 6.45) is 0. The number of benzene rings is 3. The first-order chi connectivity index (χ1) is 13.9. The summed E-state index contributed by atoms with van der Waals surface area (Å²) in [7, 11) is 0. The van der Waals surface area contributed by atoms with E-state index in [2.05, 4.69) is 10.6 Å². The van der Waals surface area contributed by atoms with Crippen LogP contribution in [0.2, 0.25) is 0 Å². The van der Waals surface area contributed by atoms with Crippen LogP contribution in [0.25, 0.3) is 0 Å². The molecule has 0 saturated carbocycles. The maximum absolute atomic E-state index is 14.1. The molecule has 29 heavy (non-hydrogen) atoms. The summed E-state index contributed by atoms with van der Waals surface area (Å²) in [5.74, 6) is -0.830. The fourth-order valence-corrected chi connectivity index (χ4v) is 2.79. The van der Waals surface area contributed by atoms with Crippen LogP contribution in [-0.2, 0) is 11.4 Å². The van der Waals surface area contributed by atoms with Crippen LogP contribution < -0.4 is 15.4 Å². The Morgan fingerprint density at radius 1 is 0.966 bits per heavy atom. The molecule has 0 atom stereocenters. The van der Waals surface area contributed by atoms with Gasteiger partial charge in [0.15, 0.2) is 0 Å². The van der Waals surface area contributed by atoms with E-state index in [9.17, 15) is 14.0 Å². The monoisotopic (exact) mass is 392 g/mol. The third-order valence-corrected chi connectivity index (χ3v) is 4.12. The zero-order valence-corrected chi connectivity index (χ0v) is 16.2. The zero-order valence-electron chi connectivity index (χ0n) is 16.2. The molecular formula is C23H21FN2O3. The number of hydrogen-bond donors (Lipinski definition) is 2. The number of hydrogen-bond acceptors (Lipinski definition) is 3. The molecular weight excluding hydrogens is 371 g/mol. The first-order valence-electron chi connectivity index (χ1n) is 9.07. The highest BCUT2D eigenvalue weighted by Gasteiger charge is 2.12. The molecule has 0 aliphatic rings. The molecule has 6 heteroatoms. The molecule has 0 spiro atoms. The number of ether oxygens (including phenoxy) is 1. The first kappa shape index (κ1) is 20.1. The Kier molecular flexibility index (Phi) is 6.24. The molecule has 0 aromatic heterocycles. The molecule has 0 unspecified atom stereocenters. The smallest absolute Gasteiger partial charge is 0.255 e. The lowest BCUT2D eigenvalue weighted by molar-refractivity contribution is -0.114. The molecule has 3 rings (SSSR count). The van der Waals surface area contributed by atoms with Crippen molar-refractivity contribution in [3.8, 4) is 5.75 Å². The van der Waals surface area contributed by atoms with Crippen molar-refractivity contribution >= 4 is 23.2 Å². The highest BCUT2D eigenvalue weighted by atomic mass is 19.1. The van der Waals surface area contributed by atoms with Gasteiger partial charge < -0.3 is 15.4 Å². The standard InChI is InChI=1S/C23H21FN2O3/c1-15-5-3-6-17(11-15)14-29-20-8-4-7-18(12-20)23(28)26-22-13-19(25-16(2)27)9-10-21(22)24/h3-13H,14H2,1-2H3,(H,25,27)(H,26,28). The Bertz CT molecular complexity index is 1050. The Hall–Kier alpha value is -3.67. The van der Waals surface area contributed by atoms with E-state index in [1.54, 1.807) is 24.3 Å². The molecule has 5 nitrogen and oxygen atoms in total. The molecule has 0 saturated heterocycles. The van der Waals surface area contributed by atoms with Gasteiger partial charge >= 0.3 is 0 Å². The van der Waals surface area contributed by atoms with E-state index in [1.807, 2.05) is 31.2 Å². The minimum atomic E-state index is -0.598. The van der Waals surface area contributed by atoms with Crippen LogP contribution in [0.5, 0.6) is 5.75 Å². The van der Waals surface area contributed by atoms with Gasteiger partial charge in [0.2, 0.25) is 5.91 Å². The summed E-state index contributed by atoms with van der Waals surface area (Å²) in [6.45, 7) is 3.73. The van der Waals surface area contributed by atoms with Crippen LogP contribution in [0, 0.1) is 12.7 Å². The highest BCUT2D eigenvalue weighted by Crippen LogP contribution is 2.22. The number of carbonyl (C=O) groups excluding carboxylic acids is 2. The van der Waals surface area contributed by atoms with E-state index in [-0.39, 0.29) is 11.6 Å². The lowest BCUT2D eigenvalue weighted by Crippen LogP contribution is -2.14. The van der Waals surface area contributed by atoms with Crippen molar-refractivity contribution in [3.63, 3.8) is 0 Å². The van der Waals surface area contributed by atoms with Crippen molar-refractivity contribution in [1.29, 1.82) is 0 Å². The average Bonchev–Trinajstić information content (AvgIpc) is 2.69. The molecule has 2 N–H and O–H groups in total. The molecule has 148 valence electrons. The lowest BCUT2D eigenvalue weighted by Gasteiger charge is -2.11. The van der Waals surface area contributed by atoms with Crippen LogP contribution in [0.1, 0.15) is 28.4 Å². The molecule has 3 aromatic carbocycles. The van der Waals surface area contributed by atoms with E-state index >= 15 is 0 Å². The van der Waals surface area contributed by atoms with E-state index in [1.165, 1.54) is 25.1 Å². The van der Waals surface area contributed by atoms with Crippen LogP contribution in [0.3, 0.4) is 0 Å². The maximum Gasteiger partial charge on any atom is 0.255 e. The third-order valence-electron chi connectivity index (χ3n) is 4.12. The number of rotatable bonds is 6. The van der Waals surface area contributed by atoms with Gasteiger partial charge in [-0.25, -0.2) is 4.39 Å². The normalized spacial score (nSPS) is 10.3. The van der Waals surface area contributed by atoms with Crippen molar-refractivity contribution in [2.24, 2.45) is 0 Å². The summed E-state index contributed by atoms with van der Waals surface area (Å²) in [4.78, 5) is 23.7. The van der Waals surface area contributed by atoms with Crippen LogP contribution >= 0.6 is 0 Å². The Morgan fingerprint density at radius 2 is 1.76 bits per heavy atom. The summed E-state index contributed by atoms with van der Waals surface area (Å²) >= 11 is 0. The summed E-state index contributed by atoms with van der Waals surface area (Å²) in [5.41, 5.74) is 2.87. The maximum atomic E-state index is 14.1. The van der Waals surface area contributed by atoms with Gasteiger partial charge in [0.05, 0.1) is 5.69 Å². The molecule has 2 amide bonds. The minimum absolute atomic E-state index is 0.0210. The minimum Gasteiger partial charge on any atom is -0.489 e. The van der Waals surface area contributed by atoms with Crippen LogP contribution in [0.15, 0.2) is 66.7 Å². The van der Waals surface area contributed by atoms with E-state index in [4.69, 9.17) is 4.74 Å². The van der Waals surface area contributed by atoms with E-state index in [0.29, 0.717) is 23.6 Å². The van der Waals surface area contributed by atoms with E-state index < -0.39 is 11.7 Å². The van der Waals surface area contributed by atoms with Gasteiger partial charge in [-0.1, -0.05) is 35.9 Å². The molecule has 0 radical (unpaired) electrons. The van der Waals surface area contributed by atoms with Crippen molar-refractivity contribution < 1.29 is 18.7 Å². The van der Waals surface area contributed by atoms with Gasteiger partial charge in [0.25, 0.3) is 5.91 Å². The number of aryl methyl sites for hydroxylation is 1. The number of carbonyl (C=O) groups is 2. The van der Waals surface area contributed by atoms with Crippen LogP contribution in [-0.4, -0.2) is 11.8 Å². The van der Waals surface area contributed by atoms with Crippen molar-refractivity contribution in [2.45, 2.75) is 20.5 Å². The molecule has 0 aliphatic carbocycles. The summed E-state index contributed by atoms with van der Waals surface area (Å²) in [6, 6.07) is 18.6. The van der Waals surface area contributed by atoms with Gasteiger partial charge in [-0.2, -0.15) is 0 Å². The molecule has 3 aromatic rings. The Labute approximate surface area is 168 Å². The molecule has 0 fully saturated rings. The molecule has 0 bridgehead atoms. The largest absolute Gasteiger partial charge is 0.489 e. The quantitative estimate of drug-likeness (QED) is 0.625. The number of anilines is 2. The summed E-state index contributed by atoms with van der Waals surface area (Å²) in [5, 5.41) is 5.08. The second kappa shape index (κ2) is 9.01. The van der Waals surface area contributed by atoms with Crippen molar-refractivity contribution in [2.75, 3.05) is 10.6 Å². The topological polar surface area (TPSA) is 67.4 Å². The molecule has 0 aliphatic heterocycles. The zero-order chi connectivity index (χ0) is 20.8. The number of nitrogens with one attached hydrogen (secondary N) is 2. The first-order valence-corrected chi connectivity index (χ1v) is 9.07. The predicted octanol–water partition coefficient (Wildman–Crippen LogP) is 4.92. The van der Waals surface area contributed by atoms with E-state index in [0.717, 1.165) is 11.1 Å². The number of halogens is 1. The predicted molar refractivity (Wildman–Crippen MR) is 111 cm³/mol. The van der Waals surface area contributed by atoms with Gasteiger partial charge in [-0.15, -0.1) is 0 Å². The van der Waals surface area contributed by atoms with Gasteiger partial charge in [-0.05, 0) is 48.9 Å².